The molecule has 0 amide bonds. The van der Waals surface area contributed by atoms with E-state index in [0.29, 0.717) is 6.42 Å². The minimum Gasteiger partial charge on any atom is -0.481 e. The standard InChI is InChI=1S/C22H32O5/c1-2-3-4-5-6-7-8-9-10-11-18-19(21(25)16-20(18)24)14-12-17(23)13-15-22(26)27/h3-4,6-7,9-10,12,14,17-20,23-24H,2,5,8,11,13,15-16H2,1H3,(H,26,27)/b4-3-,7-6-,10-9-,14-12+/t17-,18-,19+,20+/m0/s1. The molecule has 5 heteroatoms. The first kappa shape index (κ1) is 23.1. The van der Waals surface area contributed by atoms with Crippen LogP contribution in [0.15, 0.2) is 48.6 Å². The number of carbonyl (C=O) groups is 2. The van der Waals surface area contributed by atoms with E-state index in [1.165, 1.54) is 6.08 Å². The number of ketones is 1. The molecule has 0 spiro atoms. The normalized spacial score (nSPS) is 24.9. The summed E-state index contributed by atoms with van der Waals surface area (Å²) in [7, 11) is 0. The van der Waals surface area contributed by atoms with Gasteiger partial charge in [-0.15, -0.1) is 0 Å². The number of Topliss-reactive ketones (excluding diaryl/α,β-unsaturated/α-hetero) is 1. The predicted molar refractivity (Wildman–Crippen MR) is 106 cm³/mol. The molecule has 1 fully saturated rings. The Hall–Kier alpha value is -1.98. The van der Waals surface area contributed by atoms with Gasteiger partial charge in [-0.1, -0.05) is 55.5 Å². The number of allylic oxidation sites excluding steroid dienone is 7. The summed E-state index contributed by atoms with van der Waals surface area (Å²) in [5.41, 5.74) is 0. The number of carboxylic acid groups (broad SMARTS) is 1. The van der Waals surface area contributed by atoms with E-state index in [2.05, 4.69) is 31.2 Å². The van der Waals surface area contributed by atoms with E-state index in [9.17, 15) is 19.8 Å². The van der Waals surface area contributed by atoms with Gasteiger partial charge in [0.25, 0.3) is 0 Å². The van der Waals surface area contributed by atoms with Crippen LogP contribution in [-0.4, -0.2) is 39.3 Å². The van der Waals surface area contributed by atoms with Crippen LogP contribution < -0.4 is 0 Å². The molecule has 1 aliphatic carbocycles. The van der Waals surface area contributed by atoms with Gasteiger partial charge in [-0.25, -0.2) is 0 Å². The summed E-state index contributed by atoms with van der Waals surface area (Å²) in [6.07, 6.45) is 17.5. The van der Waals surface area contributed by atoms with Crippen molar-refractivity contribution in [3.05, 3.63) is 48.6 Å². The molecule has 27 heavy (non-hydrogen) atoms. The lowest BCUT2D eigenvalue weighted by molar-refractivity contribution is -0.137. The first-order valence-electron chi connectivity index (χ1n) is 9.69. The number of aliphatic hydroxyl groups is 2. The lowest BCUT2D eigenvalue weighted by atomic mass is 9.90. The van der Waals surface area contributed by atoms with Crippen molar-refractivity contribution in [2.75, 3.05) is 0 Å². The average Bonchev–Trinajstić information content (AvgIpc) is 2.89. The molecule has 1 rings (SSSR count). The van der Waals surface area contributed by atoms with Crippen molar-refractivity contribution in [2.45, 2.75) is 64.1 Å². The van der Waals surface area contributed by atoms with Crippen LogP contribution in [0.2, 0.25) is 0 Å². The number of hydrogen-bond donors (Lipinski definition) is 3. The highest BCUT2D eigenvalue weighted by atomic mass is 16.4. The van der Waals surface area contributed by atoms with Gasteiger partial charge < -0.3 is 15.3 Å². The zero-order valence-corrected chi connectivity index (χ0v) is 16.0. The Balaban J connectivity index is 2.48. The zero-order chi connectivity index (χ0) is 20.1. The van der Waals surface area contributed by atoms with E-state index in [4.69, 9.17) is 5.11 Å². The Morgan fingerprint density at radius 3 is 2.41 bits per heavy atom. The highest BCUT2D eigenvalue weighted by molar-refractivity contribution is 5.86. The molecule has 1 saturated carbocycles. The fourth-order valence-corrected chi connectivity index (χ4v) is 3.10. The summed E-state index contributed by atoms with van der Waals surface area (Å²) in [6, 6.07) is 0. The Labute approximate surface area is 161 Å². The molecule has 0 heterocycles. The van der Waals surface area contributed by atoms with Gasteiger partial charge in [0.05, 0.1) is 12.2 Å². The fraction of sp³-hybridized carbons (Fsp3) is 0.545. The van der Waals surface area contributed by atoms with E-state index < -0.39 is 24.1 Å². The van der Waals surface area contributed by atoms with E-state index in [0.717, 1.165) is 19.3 Å². The third-order valence-electron chi connectivity index (χ3n) is 4.62. The van der Waals surface area contributed by atoms with E-state index in [1.54, 1.807) is 6.08 Å². The Bertz CT molecular complexity index is 573. The Kier molecular flexibility index (Phi) is 11.3. The van der Waals surface area contributed by atoms with Crippen LogP contribution in [0.5, 0.6) is 0 Å². The molecule has 5 nitrogen and oxygen atoms in total. The zero-order valence-electron chi connectivity index (χ0n) is 16.0. The molecule has 0 unspecified atom stereocenters. The molecule has 0 bridgehead atoms. The first-order valence-corrected chi connectivity index (χ1v) is 9.69. The minimum absolute atomic E-state index is 0.0369. The molecule has 4 atom stereocenters. The quantitative estimate of drug-likeness (QED) is 0.453. The van der Waals surface area contributed by atoms with Crippen molar-refractivity contribution in [3.63, 3.8) is 0 Å². The average molecular weight is 376 g/mol. The minimum atomic E-state index is -0.965. The molecule has 0 radical (unpaired) electrons. The lowest BCUT2D eigenvalue weighted by Crippen LogP contribution is -2.19. The third kappa shape index (κ3) is 9.50. The SMILES string of the molecule is CC/C=C\C/C=C\C/C=C\C[C@@H]1[C@H](O)CC(=O)[C@@H]1/C=C/[C@H](O)CCC(=O)O. The number of carbonyl (C=O) groups excluding carboxylic acids is 1. The number of rotatable bonds is 12. The second-order valence-electron chi connectivity index (χ2n) is 6.84. The molecule has 150 valence electrons. The molecule has 0 aromatic carbocycles. The van der Waals surface area contributed by atoms with Gasteiger partial charge in [0.2, 0.25) is 0 Å². The summed E-state index contributed by atoms with van der Waals surface area (Å²) in [5, 5.41) is 28.6. The van der Waals surface area contributed by atoms with Crippen LogP contribution in [0.3, 0.4) is 0 Å². The number of aliphatic hydroxyl groups excluding tert-OH is 2. The highest BCUT2D eigenvalue weighted by Crippen LogP contribution is 2.33. The van der Waals surface area contributed by atoms with Crippen LogP contribution in [0, 0.1) is 11.8 Å². The van der Waals surface area contributed by atoms with Crippen LogP contribution in [0.1, 0.15) is 51.9 Å². The van der Waals surface area contributed by atoms with Crippen molar-refractivity contribution in [3.8, 4) is 0 Å². The third-order valence-corrected chi connectivity index (χ3v) is 4.62. The molecule has 0 aromatic heterocycles. The van der Waals surface area contributed by atoms with Crippen molar-refractivity contribution in [1.29, 1.82) is 0 Å². The van der Waals surface area contributed by atoms with Crippen LogP contribution >= 0.6 is 0 Å². The summed E-state index contributed by atoms with van der Waals surface area (Å²) >= 11 is 0. The summed E-state index contributed by atoms with van der Waals surface area (Å²) < 4.78 is 0. The maximum absolute atomic E-state index is 12.1. The second-order valence-corrected chi connectivity index (χ2v) is 6.84. The van der Waals surface area contributed by atoms with Gasteiger partial charge in [-0.2, -0.15) is 0 Å². The molecule has 3 N–H and O–H groups in total. The van der Waals surface area contributed by atoms with Crippen molar-refractivity contribution in [1.82, 2.24) is 0 Å². The maximum atomic E-state index is 12.1. The smallest absolute Gasteiger partial charge is 0.303 e. The first-order chi connectivity index (χ1) is 13.0. The highest BCUT2D eigenvalue weighted by Gasteiger charge is 2.39. The van der Waals surface area contributed by atoms with Gasteiger partial charge in [-0.3, -0.25) is 9.59 Å². The lowest BCUT2D eigenvalue weighted by Gasteiger charge is -2.17. The summed E-state index contributed by atoms with van der Waals surface area (Å²) in [4.78, 5) is 22.6. The van der Waals surface area contributed by atoms with Crippen molar-refractivity contribution in [2.24, 2.45) is 11.8 Å². The van der Waals surface area contributed by atoms with Crippen molar-refractivity contribution >= 4 is 11.8 Å². The van der Waals surface area contributed by atoms with Gasteiger partial charge in [0, 0.05) is 24.7 Å². The van der Waals surface area contributed by atoms with Gasteiger partial charge in [-0.05, 0) is 32.1 Å². The van der Waals surface area contributed by atoms with Crippen molar-refractivity contribution < 1.29 is 24.9 Å². The molecule has 1 aliphatic rings. The predicted octanol–water partition coefficient (Wildman–Crippen LogP) is 3.58. The van der Waals surface area contributed by atoms with E-state index >= 15 is 0 Å². The van der Waals surface area contributed by atoms with E-state index in [1.807, 2.05) is 12.2 Å². The monoisotopic (exact) mass is 376 g/mol. The van der Waals surface area contributed by atoms with Gasteiger partial charge in [0.15, 0.2) is 0 Å². The van der Waals surface area contributed by atoms with Crippen LogP contribution in [0.25, 0.3) is 0 Å². The topological polar surface area (TPSA) is 94.8 Å². The molecule has 0 saturated heterocycles. The number of hydrogen-bond acceptors (Lipinski definition) is 4. The Morgan fingerprint density at radius 2 is 1.78 bits per heavy atom. The Morgan fingerprint density at radius 1 is 1.15 bits per heavy atom. The molecular weight excluding hydrogens is 344 g/mol. The maximum Gasteiger partial charge on any atom is 0.303 e. The second kappa shape index (κ2) is 13.2. The summed E-state index contributed by atoms with van der Waals surface area (Å²) in [6.45, 7) is 2.10. The molecular formula is C22H32O5. The number of aliphatic carboxylic acids is 1. The van der Waals surface area contributed by atoms with Gasteiger partial charge in [0.1, 0.15) is 5.78 Å². The van der Waals surface area contributed by atoms with E-state index in [-0.39, 0.29) is 31.0 Å². The number of carboxylic acids is 1. The largest absolute Gasteiger partial charge is 0.481 e. The van der Waals surface area contributed by atoms with Crippen LogP contribution in [-0.2, 0) is 9.59 Å². The van der Waals surface area contributed by atoms with Gasteiger partial charge >= 0.3 is 5.97 Å². The molecule has 0 aliphatic heterocycles. The van der Waals surface area contributed by atoms with Crippen LogP contribution in [0.4, 0.5) is 0 Å². The molecule has 0 aromatic rings. The fourth-order valence-electron chi connectivity index (χ4n) is 3.10. The summed E-state index contributed by atoms with van der Waals surface area (Å²) in [5.74, 6) is -1.63.